The Bertz CT molecular complexity index is 1200. The quantitative estimate of drug-likeness (QED) is 0.393. The molecule has 4 aromatic rings. The van der Waals surface area contributed by atoms with Crippen LogP contribution < -0.4 is 14.6 Å². The van der Waals surface area contributed by atoms with Crippen molar-refractivity contribution in [1.29, 1.82) is 0 Å². The average molecular weight is 387 g/mol. The lowest BCUT2D eigenvalue weighted by Gasteiger charge is -2.11. The molecule has 5 heteroatoms. The number of hydrogen-bond acceptors (Lipinski definition) is 3. The van der Waals surface area contributed by atoms with Gasteiger partial charge in [0.25, 0.3) is 0 Å². The largest absolute Gasteiger partial charge is 0.497 e. The van der Waals surface area contributed by atoms with Crippen molar-refractivity contribution in [1.82, 2.24) is 0 Å². The summed E-state index contributed by atoms with van der Waals surface area (Å²) in [5.41, 5.74) is 3.97. The zero-order valence-corrected chi connectivity index (χ0v) is 16.7. The highest BCUT2D eigenvalue weighted by atomic mass is 16.5. The molecule has 0 unspecified atom stereocenters. The summed E-state index contributed by atoms with van der Waals surface area (Å²) in [6.07, 6.45) is -0.452. The summed E-state index contributed by atoms with van der Waals surface area (Å²) >= 11 is 0. The molecule has 4 rings (SSSR count). The molecule has 0 aliphatic carbocycles. The lowest BCUT2D eigenvalue weighted by Crippen LogP contribution is -2.32. The first-order valence-electron chi connectivity index (χ1n) is 9.55. The van der Waals surface area contributed by atoms with Crippen LogP contribution in [0.2, 0.25) is 0 Å². The Hall–Kier alpha value is -3.60. The number of aromatic nitrogens is 1. The van der Waals surface area contributed by atoms with Crippen molar-refractivity contribution < 1.29 is 18.8 Å². The molecule has 0 spiro atoms. The molecule has 0 aliphatic rings. The van der Waals surface area contributed by atoms with Gasteiger partial charge in [0.15, 0.2) is 0 Å². The van der Waals surface area contributed by atoms with Crippen LogP contribution in [0.3, 0.4) is 0 Å². The highest BCUT2D eigenvalue weighted by Crippen LogP contribution is 2.33. The molecule has 0 aliphatic heterocycles. The van der Waals surface area contributed by atoms with Crippen LogP contribution in [0.5, 0.6) is 5.75 Å². The Morgan fingerprint density at radius 1 is 0.966 bits per heavy atom. The van der Waals surface area contributed by atoms with Crippen molar-refractivity contribution >= 4 is 33.5 Å². The molecule has 0 saturated carbocycles. The van der Waals surface area contributed by atoms with Crippen molar-refractivity contribution in [2.45, 2.75) is 6.92 Å². The van der Waals surface area contributed by atoms with Crippen LogP contribution >= 0.6 is 0 Å². The summed E-state index contributed by atoms with van der Waals surface area (Å²) < 4.78 is 12.6. The number of fused-ring (bicyclic) bond motifs is 3. The van der Waals surface area contributed by atoms with E-state index in [1.165, 1.54) is 10.8 Å². The van der Waals surface area contributed by atoms with Gasteiger partial charge in [-0.15, -0.1) is 0 Å². The minimum atomic E-state index is -0.452. The van der Waals surface area contributed by atoms with Crippen molar-refractivity contribution in [3.8, 4) is 17.0 Å². The maximum absolute atomic E-state index is 11.7. The molecule has 0 radical (unpaired) electrons. The SMILES string of the molecule is CCOC(=O)Nc1ccc(-c2c3cc(OC)ccc3c3ccccc3[n+]2C)cc1. The number of nitrogens with zero attached hydrogens (tertiary/aromatic N) is 1. The number of benzene rings is 3. The second-order valence-corrected chi connectivity index (χ2v) is 6.76. The van der Waals surface area contributed by atoms with Crippen LogP contribution in [-0.4, -0.2) is 19.8 Å². The van der Waals surface area contributed by atoms with E-state index in [-0.39, 0.29) is 0 Å². The van der Waals surface area contributed by atoms with E-state index in [2.05, 4.69) is 47.3 Å². The fourth-order valence-electron chi connectivity index (χ4n) is 3.72. The lowest BCUT2D eigenvalue weighted by atomic mass is 9.99. The number of carbonyl (C=O) groups is 1. The number of amides is 1. The summed E-state index contributed by atoms with van der Waals surface area (Å²) in [7, 11) is 3.75. The second-order valence-electron chi connectivity index (χ2n) is 6.76. The number of para-hydroxylation sites is 1. The molecule has 5 nitrogen and oxygen atoms in total. The molecule has 29 heavy (non-hydrogen) atoms. The molecule has 0 bridgehead atoms. The summed E-state index contributed by atoms with van der Waals surface area (Å²) in [6.45, 7) is 2.12. The number of anilines is 1. The number of nitrogens with one attached hydrogen (secondary N) is 1. The second kappa shape index (κ2) is 7.80. The van der Waals surface area contributed by atoms with E-state index in [1.54, 1.807) is 14.0 Å². The highest BCUT2D eigenvalue weighted by Gasteiger charge is 2.21. The fraction of sp³-hybridized carbons (Fsp3) is 0.167. The third kappa shape index (κ3) is 3.47. The molecule has 1 aromatic heterocycles. The zero-order valence-electron chi connectivity index (χ0n) is 16.7. The van der Waals surface area contributed by atoms with Crippen LogP contribution in [0.15, 0.2) is 66.7 Å². The Balaban J connectivity index is 1.89. The minimum Gasteiger partial charge on any atom is -0.497 e. The number of aryl methyl sites for hydroxylation is 1. The molecule has 0 fully saturated rings. The van der Waals surface area contributed by atoms with Gasteiger partial charge in [-0.25, -0.2) is 4.79 Å². The highest BCUT2D eigenvalue weighted by molar-refractivity contribution is 6.09. The Morgan fingerprint density at radius 2 is 1.72 bits per heavy atom. The third-order valence-corrected chi connectivity index (χ3v) is 5.05. The van der Waals surface area contributed by atoms with Crippen LogP contribution in [0, 0.1) is 0 Å². The number of pyridine rings is 1. The van der Waals surface area contributed by atoms with Gasteiger partial charge in [-0.2, -0.15) is 4.57 Å². The van der Waals surface area contributed by atoms with E-state index >= 15 is 0 Å². The number of hydrogen-bond donors (Lipinski definition) is 1. The number of methoxy groups -OCH3 is 1. The normalized spacial score (nSPS) is 10.9. The maximum Gasteiger partial charge on any atom is 0.411 e. The van der Waals surface area contributed by atoms with Crippen molar-refractivity contribution in [3.05, 3.63) is 66.7 Å². The van der Waals surface area contributed by atoms with Crippen molar-refractivity contribution in [3.63, 3.8) is 0 Å². The van der Waals surface area contributed by atoms with Gasteiger partial charge in [-0.3, -0.25) is 5.32 Å². The van der Waals surface area contributed by atoms with E-state index in [0.29, 0.717) is 12.3 Å². The summed E-state index contributed by atoms with van der Waals surface area (Å²) in [4.78, 5) is 11.7. The van der Waals surface area contributed by atoms with Crippen LogP contribution in [0.1, 0.15) is 6.92 Å². The van der Waals surface area contributed by atoms with E-state index in [0.717, 1.165) is 27.9 Å². The van der Waals surface area contributed by atoms with E-state index in [1.807, 2.05) is 36.4 Å². The molecule has 1 amide bonds. The standard InChI is InChI=1S/C24H22N2O3/c1-4-29-24(27)25-17-11-9-16(10-12-17)23-21-15-18(28-3)13-14-19(21)20-7-5-6-8-22(20)26(23)2/h5-15H,4H2,1-3H3/p+1. The molecule has 0 saturated heterocycles. The van der Waals surface area contributed by atoms with E-state index in [4.69, 9.17) is 9.47 Å². The summed E-state index contributed by atoms with van der Waals surface area (Å²) in [6, 6.07) is 22.3. The maximum atomic E-state index is 11.7. The number of rotatable bonds is 4. The van der Waals surface area contributed by atoms with Gasteiger partial charge < -0.3 is 9.47 Å². The molecular formula is C24H23N2O3+. The first kappa shape index (κ1) is 18.7. The van der Waals surface area contributed by atoms with Crippen LogP contribution in [0.4, 0.5) is 10.5 Å². The van der Waals surface area contributed by atoms with Crippen molar-refractivity contribution in [2.75, 3.05) is 19.0 Å². The average Bonchev–Trinajstić information content (AvgIpc) is 2.75. The van der Waals surface area contributed by atoms with Crippen LogP contribution in [0.25, 0.3) is 32.9 Å². The van der Waals surface area contributed by atoms with Crippen molar-refractivity contribution in [2.24, 2.45) is 7.05 Å². The number of carbonyl (C=O) groups excluding carboxylic acids is 1. The van der Waals surface area contributed by atoms with Gasteiger partial charge in [0.1, 0.15) is 12.8 Å². The fourth-order valence-corrected chi connectivity index (χ4v) is 3.72. The minimum absolute atomic E-state index is 0.338. The van der Waals surface area contributed by atoms with Gasteiger partial charge in [0, 0.05) is 22.7 Å². The first-order valence-corrected chi connectivity index (χ1v) is 9.55. The molecule has 146 valence electrons. The van der Waals surface area contributed by atoms with Gasteiger partial charge in [-0.05, 0) is 55.5 Å². The van der Waals surface area contributed by atoms with E-state index in [9.17, 15) is 4.79 Å². The molecule has 1 N–H and O–H groups in total. The third-order valence-electron chi connectivity index (χ3n) is 5.05. The molecule has 1 heterocycles. The Labute approximate surface area is 169 Å². The monoisotopic (exact) mass is 387 g/mol. The van der Waals surface area contributed by atoms with Crippen LogP contribution in [-0.2, 0) is 11.8 Å². The zero-order chi connectivity index (χ0) is 20.4. The topological polar surface area (TPSA) is 51.4 Å². The van der Waals surface area contributed by atoms with E-state index < -0.39 is 6.09 Å². The van der Waals surface area contributed by atoms with Gasteiger partial charge in [0.2, 0.25) is 11.2 Å². The van der Waals surface area contributed by atoms with Gasteiger partial charge >= 0.3 is 6.09 Å². The molecular weight excluding hydrogens is 364 g/mol. The Morgan fingerprint density at radius 3 is 2.45 bits per heavy atom. The summed E-state index contributed by atoms with van der Waals surface area (Å²) in [5, 5.41) is 6.20. The molecule has 0 atom stereocenters. The predicted octanol–water partition coefficient (Wildman–Crippen LogP) is 5.06. The smallest absolute Gasteiger partial charge is 0.411 e. The van der Waals surface area contributed by atoms with Gasteiger partial charge in [-0.1, -0.05) is 12.1 Å². The first-order chi connectivity index (χ1) is 14.1. The lowest BCUT2D eigenvalue weighted by molar-refractivity contribution is -0.632. The Kier molecular flexibility index (Phi) is 5.04. The molecule has 3 aromatic carbocycles. The predicted molar refractivity (Wildman–Crippen MR) is 115 cm³/mol. The number of ether oxygens (including phenoxy) is 2. The van der Waals surface area contributed by atoms with Gasteiger partial charge in [0.05, 0.1) is 24.5 Å². The summed E-state index contributed by atoms with van der Waals surface area (Å²) in [5.74, 6) is 0.814.